The average Bonchev–Trinajstić information content (AvgIpc) is 2.23. The molecule has 0 aliphatic rings. The van der Waals surface area contributed by atoms with Gasteiger partial charge in [0.15, 0.2) is 0 Å². The standard InChI is InChI=1S/C11H20N2O3/c1-4-6-9(10(14)15)8-12-11(16)13(3)7-5-2/h5,9H,2,4,6-8H2,1,3H3,(H,12,16)(H,14,15). The van der Waals surface area contributed by atoms with Crippen LogP contribution in [0.4, 0.5) is 4.79 Å². The average molecular weight is 228 g/mol. The van der Waals surface area contributed by atoms with E-state index in [9.17, 15) is 9.59 Å². The molecule has 0 saturated carbocycles. The maximum absolute atomic E-state index is 11.4. The van der Waals surface area contributed by atoms with Crippen LogP contribution in [0.3, 0.4) is 0 Å². The number of likely N-dealkylation sites (N-methyl/N-ethyl adjacent to an activating group) is 1. The third kappa shape index (κ3) is 5.38. The molecule has 0 aromatic heterocycles. The number of amides is 2. The van der Waals surface area contributed by atoms with Gasteiger partial charge in [-0.2, -0.15) is 0 Å². The minimum Gasteiger partial charge on any atom is -0.481 e. The molecule has 1 unspecified atom stereocenters. The Balaban J connectivity index is 4.04. The van der Waals surface area contributed by atoms with E-state index in [1.54, 1.807) is 13.1 Å². The minimum absolute atomic E-state index is 0.170. The molecule has 0 rings (SSSR count). The molecule has 0 fully saturated rings. The molecule has 2 N–H and O–H groups in total. The van der Waals surface area contributed by atoms with E-state index in [2.05, 4.69) is 11.9 Å². The molecule has 0 aliphatic carbocycles. The second kappa shape index (κ2) is 7.73. The van der Waals surface area contributed by atoms with Crippen molar-refractivity contribution >= 4 is 12.0 Å². The Kier molecular flexibility index (Phi) is 7.00. The zero-order valence-corrected chi connectivity index (χ0v) is 9.90. The molecule has 2 amide bonds. The van der Waals surface area contributed by atoms with Crippen molar-refractivity contribution in [3.63, 3.8) is 0 Å². The van der Waals surface area contributed by atoms with Gasteiger partial charge in [0.2, 0.25) is 0 Å². The molecule has 0 radical (unpaired) electrons. The van der Waals surface area contributed by atoms with Crippen LogP contribution >= 0.6 is 0 Å². The molecular formula is C11H20N2O3. The Morgan fingerprint density at radius 2 is 2.19 bits per heavy atom. The van der Waals surface area contributed by atoms with Gasteiger partial charge in [0.25, 0.3) is 0 Å². The largest absolute Gasteiger partial charge is 0.481 e. The predicted octanol–water partition coefficient (Wildman–Crippen LogP) is 1.31. The van der Waals surface area contributed by atoms with Crippen molar-refractivity contribution in [3.8, 4) is 0 Å². The summed E-state index contributed by atoms with van der Waals surface area (Å²) in [6.07, 6.45) is 2.97. The fourth-order valence-electron chi connectivity index (χ4n) is 1.28. The lowest BCUT2D eigenvalue weighted by Gasteiger charge is -2.18. The number of carbonyl (C=O) groups is 2. The third-order valence-corrected chi connectivity index (χ3v) is 2.24. The SMILES string of the molecule is C=CCN(C)C(=O)NCC(CCC)C(=O)O. The molecule has 0 aliphatic heterocycles. The molecule has 0 spiro atoms. The van der Waals surface area contributed by atoms with Crippen LogP contribution in [0.25, 0.3) is 0 Å². The van der Waals surface area contributed by atoms with Gasteiger partial charge >= 0.3 is 12.0 Å². The van der Waals surface area contributed by atoms with Gasteiger partial charge in [-0.3, -0.25) is 4.79 Å². The molecule has 92 valence electrons. The number of urea groups is 1. The van der Waals surface area contributed by atoms with Crippen molar-refractivity contribution in [1.82, 2.24) is 10.2 Å². The molecule has 0 aromatic carbocycles. The molecule has 5 heteroatoms. The van der Waals surface area contributed by atoms with Crippen LogP contribution in [0, 0.1) is 5.92 Å². The number of hydrogen-bond acceptors (Lipinski definition) is 2. The van der Waals surface area contributed by atoms with Gasteiger partial charge in [0.1, 0.15) is 0 Å². The van der Waals surface area contributed by atoms with Crippen molar-refractivity contribution in [3.05, 3.63) is 12.7 Å². The van der Waals surface area contributed by atoms with Gasteiger partial charge < -0.3 is 15.3 Å². The highest BCUT2D eigenvalue weighted by atomic mass is 16.4. The molecule has 0 aromatic rings. The van der Waals surface area contributed by atoms with Crippen LogP contribution in [0.1, 0.15) is 19.8 Å². The van der Waals surface area contributed by atoms with E-state index in [1.165, 1.54) is 4.90 Å². The highest BCUT2D eigenvalue weighted by Gasteiger charge is 2.17. The Bertz CT molecular complexity index is 254. The summed E-state index contributed by atoms with van der Waals surface area (Å²) >= 11 is 0. The minimum atomic E-state index is -0.867. The van der Waals surface area contributed by atoms with Gasteiger partial charge in [-0.15, -0.1) is 6.58 Å². The molecular weight excluding hydrogens is 208 g/mol. The van der Waals surface area contributed by atoms with E-state index in [1.807, 2.05) is 6.92 Å². The first kappa shape index (κ1) is 14.5. The fourth-order valence-corrected chi connectivity index (χ4v) is 1.28. The molecule has 0 saturated heterocycles. The summed E-state index contributed by atoms with van der Waals surface area (Å²) in [4.78, 5) is 23.7. The summed E-state index contributed by atoms with van der Waals surface area (Å²) in [5.74, 6) is -1.38. The first-order valence-corrected chi connectivity index (χ1v) is 5.35. The number of aliphatic carboxylic acids is 1. The van der Waals surface area contributed by atoms with Crippen LogP contribution in [0.5, 0.6) is 0 Å². The summed E-state index contributed by atoms with van der Waals surface area (Å²) in [7, 11) is 1.63. The van der Waals surface area contributed by atoms with Gasteiger partial charge in [-0.1, -0.05) is 19.4 Å². The van der Waals surface area contributed by atoms with Crippen molar-refractivity contribution in [1.29, 1.82) is 0 Å². The van der Waals surface area contributed by atoms with Crippen molar-refractivity contribution in [2.75, 3.05) is 20.1 Å². The van der Waals surface area contributed by atoms with Crippen LogP contribution in [0.15, 0.2) is 12.7 Å². The molecule has 0 heterocycles. The smallest absolute Gasteiger partial charge is 0.317 e. The summed E-state index contributed by atoms with van der Waals surface area (Å²) in [6, 6.07) is -0.276. The fraction of sp³-hybridized carbons (Fsp3) is 0.636. The molecule has 1 atom stereocenters. The van der Waals surface area contributed by atoms with Gasteiger partial charge in [0.05, 0.1) is 5.92 Å². The van der Waals surface area contributed by atoms with Crippen LogP contribution < -0.4 is 5.32 Å². The number of rotatable bonds is 7. The lowest BCUT2D eigenvalue weighted by Crippen LogP contribution is -2.41. The highest BCUT2D eigenvalue weighted by molar-refractivity contribution is 5.75. The normalized spacial score (nSPS) is 11.6. The number of carboxylic acids is 1. The quantitative estimate of drug-likeness (QED) is 0.645. The first-order valence-electron chi connectivity index (χ1n) is 5.35. The van der Waals surface area contributed by atoms with Crippen molar-refractivity contribution in [2.45, 2.75) is 19.8 Å². The summed E-state index contributed by atoms with van der Waals surface area (Å²) in [6.45, 7) is 6.05. The number of hydrogen-bond donors (Lipinski definition) is 2. The Hall–Kier alpha value is -1.52. The monoisotopic (exact) mass is 228 g/mol. The Morgan fingerprint density at radius 3 is 2.62 bits per heavy atom. The summed E-state index contributed by atoms with van der Waals surface area (Å²) < 4.78 is 0. The Labute approximate surface area is 96.1 Å². The van der Waals surface area contributed by atoms with Gasteiger partial charge in [0, 0.05) is 20.1 Å². The maximum atomic E-state index is 11.4. The second-order valence-electron chi connectivity index (χ2n) is 3.68. The number of nitrogens with zero attached hydrogens (tertiary/aromatic N) is 1. The van der Waals surface area contributed by atoms with Crippen LogP contribution in [0.2, 0.25) is 0 Å². The first-order chi connectivity index (χ1) is 7.52. The number of carbonyl (C=O) groups excluding carboxylic acids is 1. The van der Waals surface area contributed by atoms with Crippen LogP contribution in [-0.4, -0.2) is 42.1 Å². The highest BCUT2D eigenvalue weighted by Crippen LogP contribution is 2.05. The molecule has 0 bridgehead atoms. The Morgan fingerprint density at radius 1 is 1.56 bits per heavy atom. The van der Waals surface area contributed by atoms with E-state index in [0.717, 1.165) is 6.42 Å². The lowest BCUT2D eigenvalue weighted by molar-refractivity contribution is -0.141. The summed E-state index contributed by atoms with van der Waals surface area (Å²) in [5, 5.41) is 11.5. The zero-order valence-electron chi connectivity index (χ0n) is 9.90. The zero-order chi connectivity index (χ0) is 12.6. The van der Waals surface area contributed by atoms with E-state index in [-0.39, 0.29) is 12.6 Å². The topological polar surface area (TPSA) is 69.6 Å². The predicted molar refractivity (Wildman–Crippen MR) is 62.3 cm³/mol. The summed E-state index contributed by atoms with van der Waals surface area (Å²) in [5.41, 5.74) is 0. The van der Waals surface area contributed by atoms with Crippen molar-refractivity contribution in [2.24, 2.45) is 5.92 Å². The lowest BCUT2D eigenvalue weighted by atomic mass is 10.0. The number of carboxylic acid groups (broad SMARTS) is 1. The van der Waals surface area contributed by atoms with E-state index < -0.39 is 11.9 Å². The second-order valence-corrected chi connectivity index (χ2v) is 3.68. The van der Waals surface area contributed by atoms with E-state index in [4.69, 9.17) is 5.11 Å². The third-order valence-electron chi connectivity index (χ3n) is 2.24. The van der Waals surface area contributed by atoms with E-state index >= 15 is 0 Å². The van der Waals surface area contributed by atoms with Crippen LogP contribution in [-0.2, 0) is 4.79 Å². The van der Waals surface area contributed by atoms with Crippen molar-refractivity contribution < 1.29 is 14.7 Å². The van der Waals surface area contributed by atoms with Gasteiger partial charge in [-0.25, -0.2) is 4.79 Å². The molecule has 16 heavy (non-hydrogen) atoms. The van der Waals surface area contributed by atoms with E-state index in [0.29, 0.717) is 13.0 Å². The van der Waals surface area contributed by atoms with Gasteiger partial charge in [-0.05, 0) is 6.42 Å². The number of nitrogens with one attached hydrogen (secondary N) is 1. The maximum Gasteiger partial charge on any atom is 0.317 e. The molecule has 5 nitrogen and oxygen atoms in total.